The number of hydrogen-bond acceptors (Lipinski definition) is 2. The summed E-state index contributed by atoms with van der Waals surface area (Å²) in [5.41, 5.74) is 0. The SMILES string of the molecule is CC(C)C1CC1OC=O. The Labute approximate surface area is 55.2 Å². The van der Waals surface area contributed by atoms with Crippen LogP contribution in [0.1, 0.15) is 20.3 Å². The standard InChI is InChI=1S/C7H12O2/c1-5(2)6-3-7(6)9-4-8/h4-7H,3H2,1-2H3. The second-order valence-corrected chi connectivity index (χ2v) is 2.91. The molecule has 1 aliphatic rings. The summed E-state index contributed by atoms with van der Waals surface area (Å²) in [6.45, 7) is 4.85. The Balaban J connectivity index is 2.16. The second-order valence-electron chi connectivity index (χ2n) is 2.91. The van der Waals surface area contributed by atoms with E-state index in [-0.39, 0.29) is 6.10 Å². The van der Waals surface area contributed by atoms with Crippen molar-refractivity contribution >= 4 is 6.47 Å². The predicted molar refractivity (Wildman–Crippen MR) is 33.9 cm³/mol. The number of carbonyl (C=O) groups excluding carboxylic acids is 1. The Hall–Kier alpha value is -0.530. The van der Waals surface area contributed by atoms with E-state index >= 15 is 0 Å². The van der Waals surface area contributed by atoms with E-state index in [0.717, 1.165) is 6.42 Å². The molecule has 0 N–H and O–H groups in total. The van der Waals surface area contributed by atoms with Gasteiger partial charge in [-0.05, 0) is 12.3 Å². The highest BCUT2D eigenvalue weighted by atomic mass is 16.5. The molecule has 0 aromatic carbocycles. The molecule has 0 bridgehead atoms. The number of ether oxygens (including phenoxy) is 1. The van der Waals surface area contributed by atoms with Gasteiger partial charge in [0.2, 0.25) is 0 Å². The Bertz CT molecular complexity index is 109. The third-order valence-electron chi connectivity index (χ3n) is 1.87. The summed E-state index contributed by atoms with van der Waals surface area (Å²) in [5, 5.41) is 0. The molecule has 2 heteroatoms. The minimum atomic E-state index is 0.238. The maximum absolute atomic E-state index is 9.80. The second kappa shape index (κ2) is 2.38. The normalized spacial score (nSPS) is 32.3. The summed E-state index contributed by atoms with van der Waals surface area (Å²) in [6.07, 6.45) is 1.30. The summed E-state index contributed by atoms with van der Waals surface area (Å²) in [5.74, 6) is 1.30. The van der Waals surface area contributed by atoms with Crippen LogP contribution in [0.2, 0.25) is 0 Å². The maximum atomic E-state index is 9.80. The van der Waals surface area contributed by atoms with Crippen LogP contribution in [0.5, 0.6) is 0 Å². The minimum Gasteiger partial charge on any atom is -0.464 e. The van der Waals surface area contributed by atoms with Gasteiger partial charge in [-0.25, -0.2) is 0 Å². The van der Waals surface area contributed by atoms with Crippen molar-refractivity contribution in [2.75, 3.05) is 0 Å². The van der Waals surface area contributed by atoms with E-state index < -0.39 is 0 Å². The molecule has 9 heavy (non-hydrogen) atoms. The molecule has 0 heterocycles. The van der Waals surface area contributed by atoms with Crippen molar-refractivity contribution in [3.63, 3.8) is 0 Å². The smallest absolute Gasteiger partial charge is 0.293 e. The van der Waals surface area contributed by atoms with Gasteiger partial charge in [0.25, 0.3) is 6.47 Å². The van der Waals surface area contributed by atoms with Gasteiger partial charge in [-0.2, -0.15) is 0 Å². The van der Waals surface area contributed by atoms with Crippen LogP contribution in [0.25, 0.3) is 0 Å². The van der Waals surface area contributed by atoms with Crippen LogP contribution in [0.15, 0.2) is 0 Å². The fraction of sp³-hybridized carbons (Fsp3) is 0.857. The zero-order valence-corrected chi connectivity index (χ0v) is 5.83. The lowest BCUT2D eigenvalue weighted by Gasteiger charge is -1.99. The van der Waals surface area contributed by atoms with Gasteiger partial charge < -0.3 is 4.74 Å². The van der Waals surface area contributed by atoms with Gasteiger partial charge in [0.05, 0.1) is 0 Å². The molecule has 52 valence electrons. The van der Waals surface area contributed by atoms with Crippen LogP contribution in [0.3, 0.4) is 0 Å². The van der Waals surface area contributed by atoms with Gasteiger partial charge >= 0.3 is 0 Å². The topological polar surface area (TPSA) is 26.3 Å². The van der Waals surface area contributed by atoms with Gasteiger partial charge in [0.1, 0.15) is 6.10 Å². The van der Waals surface area contributed by atoms with Crippen molar-refractivity contribution < 1.29 is 9.53 Å². The molecular formula is C7H12O2. The van der Waals surface area contributed by atoms with Crippen LogP contribution in [-0.2, 0) is 9.53 Å². The molecule has 0 aromatic heterocycles. The number of carbonyl (C=O) groups is 1. The quantitative estimate of drug-likeness (QED) is 0.534. The molecule has 0 amide bonds. The zero-order chi connectivity index (χ0) is 6.85. The van der Waals surface area contributed by atoms with Crippen LogP contribution in [-0.4, -0.2) is 12.6 Å². The third-order valence-corrected chi connectivity index (χ3v) is 1.87. The molecule has 0 saturated heterocycles. The lowest BCUT2D eigenvalue weighted by molar-refractivity contribution is -0.130. The fourth-order valence-corrected chi connectivity index (χ4v) is 1.12. The van der Waals surface area contributed by atoms with Crippen LogP contribution >= 0.6 is 0 Å². The van der Waals surface area contributed by atoms with E-state index in [2.05, 4.69) is 13.8 Å². The first-order valence-electron chi connectivity index (χ1n) is 3.34. The molecule has 0 aromatic rings. The van der Waals surface area contributed by atoms with Gasteiger partial charge in [-0.3, -0.25) is 4.79 Å². The van der Waals surface area contributed by atoms with Crippen molar-refractivity contribution in [1.29, 1.82) is 0 Å². The van der Waals surface area contributed by atoms with Crippen molar-refractivity contribution in [3.8, 4) is 0 Å². The van der Waals surface area contributed by atoms with Gasteiger partial charge in [0.15, 0.2) is 0 Å². The number of rotatable bonds is 3. The van der Waals surface area contributed by atoms with E-state index in [9.17, 15) is 4.79 Å². The lowest BCUT2D eigenvalue weighted by Crippen LogP contribution is -1.99. The summed E-state index contributed by atoms with van der Waals surface area (Å²) in [7, 11) is 0. The average Bonchev–Trinajstić information content (AvgIpc) is 2.47. The largest absolute Gasteiger partial charge is 0.464 e. The van der Waals surface area contributed by atoms with Gasteiger partial charge in [-0.1, -0.05) is 13.8 Å². The fourth-order valence-electron chi connectivity index (χ4n) is 1.12. The summed E-state index contributed by atoms with van der Waals surface area (Å²) in [4.78, 5) is 9.80. The summed E-state index contributed by atoms with van der Waals surface area (Å²) < 4.78 is 4.75. The molecule has 2 nitrogen and oxygen atoms in total. The Morgan fingerprint density at radius 3 is 2.67 bits per heavy atom. The first-order valence-corrected chi connectivity index (χ1v) is 3.34. The van der Waals surface area contributed by atoms with Crippen molar-refractivity contribution in [2.24, 2.45) is 11.8 Å². The molecule has 2 unspecified atom stereocenters. The molecular weight excluding hydrogens is 116 g/mol. The monoisotopic (exact) mass is 128 g/mol. The Morgan fingerprint density at radius 2 is 2.33 bits per heavy atom. The Kier molecular flexibility index (Phi) is 1.74. The van der Waals surface area contributed by atoms with E-state index in [1.54, 1.807) is 0 Å². The first kappa shape index (κ1) is 6.59. The van der Waals surface area contributed by atoms with Crippen LogP contribution in [0.4, 0.5) is 0 Å². The van der Waals surface area contributed by atoms with E-state index in [1.165, 1.54) is 0 Å². The minimum absolute atomic E-state index is 0.238. The molecule has 1 aliphatic carbocycles. The molecule has 2 atom stereocenters. The van der Waals surface area contributed by atoms with Crippen LogP contribution in [0, 0.1) is 11.8 Å². The van der Waals surface area contributed by atoms with Crippen molar-refractivity contribution in [1.82, 2.24) is 0 Å². The predicted octanol–water partition coefficient (Wildman–Crippen LogP) is 1.20. The van der Waals surface area contributed by atoms with Gasteiger partial charge in [0, 0.05) is 5.92 Å². The zero-order valence-electron chi connectivity index (χ0n) is 5.83. The van der Waals surface area contributed by atoms with Gasteiger partial charge in [-0.15, -0.1) is 0 Å². The summed E-state index contributed by atoms with van der Waals surface area (Å²) in [6, 6.07) is 0. The highest BCUT2D eigenvalue weighted by molar-refractivity contribution is 5.38. The van der Waals surface area contributed by atoms with E-state index in [4.69, 9.17) is 4.74 Å². The highest BCUT2D eigenvalue weighted by Crippen LogP contribution is 2.39. The molecule has 1 saturated carbocycles. The molecule has 0 radical (unpaired) electrons. The molecule has 1 fully saturated rings. The summed E-state index contributed by atoms with van der Waals surface area (Å²) >= 11 is 0. The lowest BCUT2D eigenvalue weighted by atomic mass is 10.1. The highest BCUT2D eigenvalue weighted by Gasteiger charge is 2.41. The average molecular weight is 128 g/mol. The first-order chi connectivity index (χ1) is 4.25. The molecule has 0 aliphatic heterocycles. The molecule has 1 rings (SSSR count). The van der Waals surface area contributed by atoms with E-state index in [1.807, 2.05) is 0 Å². The van der Waals surface area contributed by atoms with E-state index in [0.29, 0.717) is 18.3 Å². The van der Waals surface area contributed by atoms with Crippen LogP contribution < -0.4 is 0 Å². The number of hydrogen-bond donors (Lipinski definition) is 0. The van der Waals surface area contributed by atoms with Crippen molar-refractivity contribution in [3.05, 3.63) is 0 Å². The Morgan fingerprint density at radius 1 is 1.67 bits per heavy atom. The maximum Gasteiger partial charge on any atom is 0.293 e. The van der Waals surface area contributed by atoms with Crippen molar-refractivity contribution in [2.45, 2.75) is 26.4 Å². The third kappa shape index (κ3) is 1.44. The molecule has 0 spiro atoms.